The fourth-order valence-corrected chi connectivity index (χ4v) is 2.05. The third-order valence-electron chi connectivity index (χ3n) is 2.48. The average molecular weight is 275 g/mol. The third kappa shape index (κ3) is 3.68. The summed E-state index contributed by atoms with van der Waals surface area (Å²) in [5.41, 5.74) is 0.738. The van der Waals surface area contributed by atoms with Crippen LogP contribution in [0.5, 0.6) is 0 Å². The number of hydrogen-bond donors (Lipinski definition) is 0. The Kier molecular flexibility index (Phi) is 4.40. The van der Waals surface area contributed by atoms with Crippen LogP contribution in [0.25, 0.3) is 0 Å². The minimum atomic E-state index is -0.402. The number of carbonyl (C=O) groups excluding carboxylic acids is 1. The Bertz CT molecular complexity index is 414. The van der Waals surface area contributed by atoms with Crippen molar-refractivity contribution in [2.24, 2.45) is 0 Å². The maximum Gasteiger partial charge on any atom is 0.164 e. The maximum absolute atomic E-state index is 11.8. The van der Waals surface area contributed by atoms with E-state index in [1.54, 1.807) is 18.2 Å². The molecular weight excluding hydrogens is 263 g/mol. The third-order valence-corrected chi connectivity index (χ3v) is 3.08. The van der Waals surface area contributed by atoms with Crippen LogP contribution in [-0.2, 0) is 20.7 Å². The fourth-order valence-electron chi connectivity index (χ4n) is 1.67. The van der Waals surface area contributed by atoms with Gasteiger partial charge in [-0.05, 0) is 23.8 Å². The molecule has 92 valence electrons. The number of halogens is 2. The zero-order chi connectivity index (χ0) is 12.3. The molecule has 0 spiro atoms. The van der Waals surface area contributed by atoms with E-state index >= 15 is 0 Å². The molecule has 0 amide bonds. The molecule has 1 aliphatic rings. The molecule has 0 aromatic heterocycles. The van der Waals surface area contributed by atoms with Crippen molar-refractivity contribution < 1.29 is 14.3 Å². The highest BCUT2D eigenvalue weighted by atomic mass is 35.5. The normalized spacial score (nSPS) is 16.4. The Hall–Kier alpha value is -0.610. The second-order valence-corrected chi connectivity index (χ2v) is 4.67. The van der Waals surface area contributed by atoms with Gasteiger partial charge in [-0.1, -0.05) is 23.2 Å². The monoisotopic (exact) mass is 274 g/mol. The number of benzene rings is 1. The van der Waals surface area contributed by atoms with Crippen molar-refractivity contribution >= 4 is 29.0 Å². The van der Waals surface area contributed by atoms with Crippen LogP contribution >= 0.6 is 23.2 Å². The van der Waals surface area contributed by atoms with Crippen LogP contribution in [-0.4, -0.2) is 25.3 Å². The molecule has 5 heteroatoms. The highest BCUT2D eigenvalue weighted by Gasteiger charge is 2.20. The molecule has 0 N–H and O–H groups in total. The highest BCUT2D eigenvalue weighted by Crippen LogP contribution is 2.22. The molecule has 1 aromatic rings. The smallest absolute Gasteiger partial charge is 0.164 e. The van der Waals surface area contributed by atoms with E-state index < -0.39 is 6.29 Å². The molecule has 0 saturated carbocycles. The van der Waals surface area contributed by atoms with E-state index in [1.165, 1.54) is 0 Å². The topological polar surface area (TPSA) is 35.5 Å². The van der Waals surface area contributed by atoms with Gasteiger partial charge in [0.25, 0.3) is 0 Å². The molecule has 0 atom stereocenters. The Labute approximate surface area is 110 Å². The van der Waals surface area contributed by atoms with Crippen LogP contribution in [0.3, 0.4) is 0 Å². The summed E-state index contributed by atoms with van der Waals surface area (Å²) in [5.74, 6) is 0.0288. The number of rotatable bonds is 4. The lowest BCUT2D eigenvalue weighted by Gasteiger charge is -2.08. The first-order valence-electron chi connectivity index (χ1n) is 5.34. The van der Waals surface area contributed by atoms with Crippen molar-refractivity contribution in [3.8, 4) is 0 Å². The quantitative estimate of drug-likeness (QED) is 0.847. The predicted molar refractivity (Wildman–Crippen MR) is 65.5 cm³/mol. The molecule has 0 unspecified atom stereocenters. The Morgan fingerprint density at radius 3 is 2.71 bits per heavy atom. The van der Waals surface area contributed by atoms with E-state index in [1.807, 2.05) is 0 Å². The average Bonchev–Trinajstić information content (AvgIpc) is 2.76. The molecule has 17 heavy (non-hydrogen) atoms. The minimum absolute atomic E-state index is 0.0288. The zero-order valence-electron chi connectivity index (χ0n) is 9.12. The molecular formula is C12H12Cl2O3. The molecule has 1 saturated heterocycles. The van der Waals surface area contributed by atoms with E-state index in [9.17, 15) is 4.79 Å². The molecule has 0 bridgehead atoms. The SMILES string of the molecule is O=C(Cc1cc(Cl)ccc1Cl)CC1OCCO1. The van der Waals surface area contributed by atoms with Crippen LogP contribution < -0.4 is 0 Å². The summed E-state index contributed by atoms with van der Waals surface area (Å²) >= 11 is 11.8. The Balaban J connectivity index is 1.95. The largest absolute Gasteiger partial charge is 0.350 e. The molecule has 1 aromatic carbocycles. The molecule has 1 aliphatic heterocycles. The van der Waals surface area contributed by atoms with Crippen LogP contribution in [0, 0.1) is 0 Å². The Morgan fingerprint density at radius 1 is 1.29 bits per heavy atom. The molecule has 1 fully saturated rings. The van der Waals surface area contributed by atoms with Crippen LogP contribution in [0.1, 0.15) is 12.0 Å². The first-order valence-corrected chi connectivity index (χ1v) is 6.09. The predicted octanol–water partition coefficient (Wildman–Crippen LogP) is 2.87. The van der Waals surface area contributed by atoms with E-state index in [0.29, 0.717) is 23.3 Å². The standard InChI is InChI=1S/C12H12Cl2O3/c13-9-1-2-11(14)8(5-9)6-10(15)7-12-16-3-4-17-12/h1-2,5,12H,3-4,6-7H2. The first-order chi connectivity index (χ1) is 8.15. The van der Waals surface area contributed by atoms with Gasteiger partial charge in [0.1, 0.15) is 5.78 Å². The molecule has 3 nitrogen and oxygen atoms in total. The number of Topliss-reactive ketones (excluding diaryl/α,β-unsaturated/α-hetero) is 1. The van der Waals surface area contributed by atoms with Crippen molar-refractivity contribution in [3.05, 3.63) is 33.8 Å². The lowest BCUT2D eigenvalue weighted by molar-refractivity contribution is -0.126. The molecule has 2 rings (SSSR count). The summed E-state index contributed by atoms with van der Waals surface area (Å²) in [6, 6.07) is 5.09. The summed E-state index contributed by atoms with van der Waals surface area (Å²) in [5, 5.41) is 1.13. The summed E-state index contributed by atoms with van der Waals surface area (Å²) in [7, 11) is 0. The van der Waals surface area contributed by atoms with Gasteiger partial charge in [-0.3, -0.25) is 4.79 Å². The van der Waals surface area contributed by atoms with Crippen molar-refractivity contribution in [1.82, 2.24) is 0 Å². The lowest BCUT2D eigenvalue weighted by atomic mass is 10.1. The Morgan fingerprint density at radius 2 is 2.00 bits per heavy atom. The summed E-state index contributed by atoms with van der Waals surface area (Å²) < 4.78 is 10.4. The van der Waals surface area contributed by atoms with Crippen LogP contribution in [0.15, 0.2) is 18.2 Å². The number of ether oxygens (including phenoxy) is 2. The van der Waals surface area contributed by atoms with Gasteiger partial charge in [0, 0.05) is 16.5 Å². The zero-order valence-corrected chi connectivity index (χ0v) is 10.6. The molecule has 0 radical (unpaired) electrons. The summed E-state index contributed by atoms with van der Waals surface area (Å²) in [6.45, 7) is 1.10. The van der Waals surface area contributed by atoms with Crippen molar-refractivity contribution in [2.75, 3.05) is 13.2 Å². The van der Waals surface area contributed by atoms with Gasteiger partial charge < -0.3 is 9.47 Å². The van der Waals surface area contributed by atoms with Crippen molar-refractivity contribution in [1.29, 1.82) is 0 Å². The van der Waals surface area contributed by atoms with Gasteiger partial charge in [-0.2, -0.15) is 0 Å². The number of carbonyl (C=O) groups is 1. The number of ketones is 1. The highest BCUT2D eigenvalue weighted by molar-refractivity contribution is 6.33. The second kappa shape index (κ2) is 5.83. The summed E-state index contributed by atoms with van der Waals surface area (Å²) in [6.07, 6.45) is 0.103. The second-order valence-electron chi connectivity index (χ2n) is 3.83. The van der Waals surface area contributed by atoms with Gasteiger partial charge in [0.05, 0.1) is 19.6 Å². The summed E-state index contributed by atoms with van der Waals surface area (Å²) in [4.78, 5) is 11.8. The minimum Gasteiger partial charge on any atom is -0.350 e. The number of hydrogen-bond acceptors (Lipinski definition) is 3. The molecule has 0 aliphatic carbocycles. The van der Waals surface area contributed by atoms with E-state index in [4.69, 9.17) is 32.7 Å². The first kappa shape index (κ1) is 12.8. The van der Waals surface area contributed by atoms with Gasteiger partial charge >= 0.3 is 0 Å². The van der Waals surface area contributed by atoms with E-state index in [-0.39, 0.29) is 18.6 Å². The van der Waals surface area contributed by atoms with E-state index in [2.05, 4.69) is 0 Å². The van der Waals surface area contributed by atoms with Gasteiger partial charge in [0.15, 0.2) is 6.29 Å². The van der Waals surface area contributed by atoms with E-state index in [0.717, 1.165) is 5.56 Å². The maximum atomic E-state index is 11.8. The van der Waals surface area contributed by atoms with Gasteiger partial charge in [0.2, 0.25) is 0 Å². The van der Waals surface area contributed by atoms with Crippen LogP contribution in [0.4, 0.5) is 0 Å². The lowest BCUT2D eigenvalue weighted by Crippen LogP contribution is -2.16. The molecule has 1 heterocycles. The van der Waals surface area contributed by atoms with Crippen LogP contribution in [0.2, 0.25) is 10.0 Å². The van der Waals surface area contributed by atoms with Gasteiger partial charge in [-0.25, -0.2) is 0 Å². The van der Waals surface area contributed by atoms with Crippen molar-refractivity contribution in [3.63, 3.8) is 0 Å². The van der Waals surface area contributed by atoms with Gasteiger partial charge in [-0.15, -0.1) is 0 Å². The fraction of sp³-hybridized carbons (Fsp3) is 0.417. The van der Waals surface area contributed by atoms with Crippen molar-refractivity contribution in [2.45, 2.75) is 19.1 Å².